The van der Waals surface area contributed by atoms with Gasteiger partial charge in [-0.15, -0.1) is 0 Å². The second-order valence-corrected chi connectivity index (χ2v) is 6.57. The fourth-order valence-corrected chi connectivity index (χ4v) is 3.43. The minimum atomic E-state index is -5.26. The van der Waals surface area contributed by atoms with Crippen molar-refractivity contribution < 1.29 is 32.0 Å². The van der Waals surface area contributed by atoms with E-state index in [9.17, 15) is 27.6 Å². The fraction of sp³-hybridized carbons (Fsp3) is 0.250. The van der Waals surface area contributed by atoms with Crippen LogP contribution in [0.15, 0.2) is 64.4 Å². The van der Waals surface area contributed by atoms with Crippen LogP contribution in [0, 0.1) is 0 Å². The molecule has 2 heterocycles. The van der Waals surface area contributed by atoms with Crippen LogP contribution in [0.25, 0.3) is 0 Å². The van der Waals surface area contributed by atoms with Gasteiger partial charge in [0.25, 0.3) is 11.8 Å². The Morgan fingerprint density at radius 1 is 1.14 bits per heavy atom. The number of hydrogen-bond donors (Lipinski definition) is 1. The average molecular weight is 406 g/mol. The van der Waals surface area contributed by atoms with Crippen molar-refractivity contribution in [3.63, 3.8) is 0 Å². The van der Waals surface area contributed by atoms with Gasteiger partial charge in [-0.2, -0.15) is 13.2 Å². The SMILES string of the molecule is CC(=O)C1=C(C)N(Cc2ccccc2)C(=O)[C@]1(NC(=O)c1ccco1)C(F)(F)F. The zero-order chi connectivity index (χ0) is 21.4. The number of ketones is 1. The van der Waals surface area contributed by atoms with Gasteiger partial charge < -0.3 is 14.6 Å². The normalized spacial score (nSPS) is 19.6. The summed E-state index contributed by atoms with van der Waals surface area (Å²) in [5, 5.41) is 1.73. The van der Waals surface area contributed by atoms with Gasteiger partial charge in [-0.3, -0.25) is 14.4 Å². The molecule has 2 aromatic rings. The summed E-state index contributed by atoms with van der Waals surface area (Å²) < 4.78 is 47.7. The van der Waals surface area contributed by atoms with E-state index in [1.807, 2.05) is 0 Å². The number of Topliss-reactive ketones (excluding diaryl/α,β-unsaturated/α-hetero) is 1. The summed E-state index contributed by atoms with van der Waals surface area (Å²) >= 11 is 0. The number of hydrogen-bond acceptors (Lipinski definition) is 4. The summed E-state index contributed by atoms with van der Waals surface area (Å²) in [7, 11) is 0. The third-order valence-corrected chi connectivity index (χ3v) is 4.71. The molecule has 1 atom stereocenters. The zero-order valence-corrected chi connectivity index (χ0v) is 15.5. The molecular weight excluding hydrogens is 389 g/mol. The third-order valence-electron chi connectivity index (χ3n) is 4.71. The van der Waals surface area contributed by atoms with Crippen molar-refractivity contribution in [1.82, 2.24) is 10.2 Å². The summed E-state index contributed by atoms with van der Waals surface area (Å²) in [6.07, 6.45) is -4.15. The molecule has 0 spiro atoms. The maximum absolute atomic E-state index is 14.3. The lowest BCUT2D eigenvalue weighted by Gasteiger charge is -2.33. The van der Waals surface area contributed by atoms with E-state index in [-0.39, 0.29) is 12.2 Å². The van der Waals surface area contributed by atoms with E-state index in [1.54, 1.807) is 35.6 Å². The van der Waals surface area contributed by atoms with Crippen LogP contribution in [0.1, 0.15) is 30.0 Å². The monoisotopic (exact) mass is 406 g/mol. The van der Waals surface area contributed by atoms with Gasteiger partial charge in [-0.25, -0.2) is 0 Å². The van der Waals surface area contributed by atoms with Crippen LogP contribution in [0.3, 0.4) is 0 Å². The van der Waals surface area contributed by atoms with E-state index in [0.29, 0.717) is 5.56 Å². The summed E-state index contributed by atoms with van der Waals surface area (Å²) in [5.41, 5.74) is -3.91. The number of allylic oxidation sites excluding steroid dienone is 1. The van der Waals surface area contributed by atoms with Crippen LogP contribution in [-0.2, 0) is 16.1 Å². The van der Waals surface area contributed by atoms with Gasteiger partial charge >= 0.3 is 6.18 Å². The molecule has 3 rings (SSSR count). The molecule has 2 amide bonds. The molecule has 0 unspecified atom stereocenters. The second-order valence-electron chi connectivity index (χ2n) is 6.57. The van der Waals surface area contributed by atoms with Crippen LogP contribution in [0.2, 0.25) is 0 Å². The summed E-state index contributed by atoms with van der Waals surface area (Å²) in [6.45, 7) is 2.00. The van der Waals surface area contributed by atoms with Gasteiger partial charge in [0.05, 0.1) is 18.4 Å². The molecule has 1 aromatic heterocycles. The molecule has 9 heteroatoms. The molecule has 6 nitrogen and oxygen atoms in total. The molecule has 1 aromatic carbocycles. The van der Waals surface area contributed by atoms with Gasteiger partial charge in [-0.05, 0) is 31.5 Å². The molecule has 29 heavy (non-hydrogen) atoms. The highest BCUT2D eigenvalue weighted by molar-refractivity contribution is 6.12. The number of rotatable bonds is 5. The predicted molar refractivity (Wildman–Crippen MR) is 95.3 cm³/mol. The second kappa shape index (κ2) is 7.23. The molecular formula is C20H17F3N2O4. The molecule has 0 fully saturated rings. The molecule has 152 valence electrons. The average Bonchev–Trinajstić information content (AvgIpc) is 3.25. The smallest absolute Gasteiger partial charge is 0.425 e. The lowest BCUT2D eigenvalue weighted by Crippen LogP contribution is -2.66. The van der Waals surface area contributed by atoms with Crippen molar-refractivity contribution in [3.05, 3.63) is 71.3 Å². The number of benzene rings is 1. The lowest BCUT2D eigenvalue weighted by atomic mass is 9.86. The molecule has 0 saturated heterocycles. The van der Waals surface area contributed by atoms with E-state index in [2.05, 4.69) is 0 Å². The highest BCUT2D eigenvalue weighted by Gasteiger charge is 2.70. The molecule has 1 aliphatic rings. The minimum Gasteiger partial charge on any atom is -0.459 e. The number of alkyl halides is 3. The predicted octanol–water partition coefficient (Wildman–Crippen LogP) is 3.22. The number of carbonyl (C=O) groups is 3. The molecule has 1 N–H and O–H groups in total. The van der Waals surface area contributed by atoms with Crippen molar-refractivity contribution in [3.8, 4) is 0 Å². The summed E-state index contributed by atoms with van der Waals surface area (Å²) in [5.74, 6) is -4.09. The largest absolute Gasteiger partial charge is 0.459 e. The van der Waals surface area contributed by atoms with E-state index in [0.717, 1.165) is 24.2 Å². The fourth-order valence-electron chi connectivity index (χ4n) is 3.43. The highest BCUT2D eigenvalue weighted by Crippen LogP contribution is 2.45. The Morgan fingerprint density at radius 2 is 1.79 bits per heavy atom. The van der Waals surface area contributed by atoms with E-state index in [4.69, 9.17) is 4.42 Å². The van der Waals surface area contributed by atoms with E-state index < -0.39 is 40.6 Å². The Labute approximate surface area is 164 Å². The minimum absolute atomic E-state index is 0.163. The topological polar surface area (TPSA) is 79.6 Å². The Balaban J connectivity index is 2.12. The number of halogens is 3. The van der Waals surface area contributed by atoms with Gasteiger partial charge in [0.15, 0.2) is 11.5 Å². The van der Waals surface area contributed by atoms with Crippen molar-refractivity contribution >= 4 is 17.6 Å². The van der Waals surface area contributed by atoms with Crippen LogP contribution < -0.4 is 5.32 Å². The van der Waals surface area contributed by atoms with Gasteiger partial charge in [0, 0.05) is 5.70 Å². The van der Waals surface area contributed by atoms with Crippen LogP contribution >= 0.6 is 0 Å². The number of nitrogens with one attached hydrogen (secondary N) is 1. The Kier molecular flexibility index (Phi) is 5.08. The first-order valence-corrected chi connectivity index (χ1v) is 8.60. The Bertz CT molecular complexity index is 981. The van der Waals surface area contributed by atoms with Crippen molar-refractivity contribution in [2.45, 2.75) is 32.1 Å². The first-order valence-electron chi connectivity index (χ1n) is 8.60. The molecule has 0 radical (unpaired) electrons. The van der Waals surface area contributed by atoms with Gasteiger partial charge in [0.1, 0.15) is 0 Å². The Hall–Kier alpha value is -3.36. The molecule has 0 bridgehead atoms. The van der Waals surface area contributed by atoms with Crippen LogP contribution in [-0.4, -0.2) is 34.2 Å². The van der Waals surface area contributed by atoms with E-state index >= 15 is 0 Å². The van der Waals surface area contributed by atoms with Gasteiger partial charge in [-0.1, -0.05) is 30.3 Å². The maximum atomic E-state index is 14.3. The quantitative estimate of drug-likeness (QED) is 0.827. The molecule has 1 aliphatic heterocycles. The van der Waals surface area contributed by atoms with Crippen molar-refractivity contribution in [2.24, 2.45) is 0 Å². The number of furan rings is 1. The number of nitrogens with zero attached hydrogens (tertiary/aromatic N) is 1. The first kappa shape index (κ1) is 20.4. The zero-order valence-electron chi connectivity index (χ0n) is 15.5. The molecule has 0 aliphatic carbocycles. The third kappa shape index (κ3) is 3.32. The summed E-state index contributed by atoms with van der Waals surface area (Å²) in [6, 6.07) is 10.8. The highest BCUT2D eigenvalue weighted by atomic mass is 19.4. The molecule has 0 saturated carbocycles. The first-order chi connectivity index (χ1) is 13.6. The van der Waals surface area contributed by atoms with Crippen molar-refractivity contribution in [2.75, 3.05) is 0 Å². The number of carbonyl (C=O) groups excluding carboxylic acids is 3. The van der Waals surface area contributed by atoms with E-state index in [1.165, 1.54) is 13.0 Å². The standard InChI is InChI=1S/C20H17F3N2O4/c1-12-16(13(2)26)19(20(21,22)23,24-17(27)15-9-6-10-29-15)18(28)25(12)11-14-7-4-3-5-8-14/h3-10H,11H2,1-2H3,(H,24,27)/t19-/m0/s1. The Morgan fingerprint density at radius 3 is 2.31 bits per heavy atom. The van der Waals surface area contributed by atoms with Crippen molar-refractivity contribution in [1.29, 1.82) is 0 Å². The van der Waals surface area contributed by atoms with Gasteiger partial charge in [0.2, 0.25) is 5.54 Å². The lowest BCUT2D eigenvalue weighted by molar-refractivity contribution is -0.190. The van der Waals surface area contributed by atoms with Crippen LogP contribution in [0.5, 0.6) is 0 Å². The summed E-state index contributed by atoms with van der Waals surface area (Å²) in [4.78, 5) is 38.5. The van der Waals surface area contributed by atoms with Crippen LogP contribution in [0.4, 0.5) is 13.2 Å². The number of amides is 2. The maximum Gasteiger partial charge on any atom is 0.425 e.